The number of nitrogens with one attached hydrogen (secondary N) is 1. The second-order valence-electron chi connectivity index (χ2n) is 2.79. The monoisotopic (exact) mass is 160 g/mol. The summed E-state index contributed by atoms with van der Waals surface area (Å²) in [6, 6.07) is -0.195. The lowest BCUT2D eigenvalue weighted by Gasteiger charge is -2.16. The first-order chi connectivity index (χ1) is 5.07. The molecule has 0 heterocycles. The van der Waals surface area contributed by atoms with Gasteiger partial charge in [-0.2, -0.15) is 0 Å². The summed E-state index contributed by atoms with van der Waals surface area (Å²) in [5.41, 5.74) is 5.06. The van der Waals surface area contributed by atoms with Gasteiger partial charge in [-0.05, 0) is 6.42 Å². The van der Waals surface area contributed by atoms with Crippen LogP contribution in [0.3, 0.4) is 0 Å². The van der Waals surface area contributed by atoms with Crippen molar-refractivity contribution in [1.82, 2.24) is 5.32 Å². The fourth-order valence-corrected chi connectivity index (χ4v) is 0.839. The van der Waals surface area contributed by atoms with Gasteiger partial charge in [-0.3, -0.25) is 4.79 Å². The maximum absolute atomic E-state index is 10.7. The van der Waals surface area contributed by atoms with Crippen LogP contribution >= 0.6 is 0 Å². The number of aliphatic hydroxyl groups is 1. The van der Waals surface area contributed by atoms with E-state index in [0.717, 1.165) is 0 Å². The van der Waals surface area contributed by atoms with Crippen molar-refractivity contribution in [3.8, 4) is 0 Å². The Bertz CT molecular complexity index is 126. The molecular formula is C7H16N2O2. The predicted octanol–water partition coefficient (Wildman–Crippen LogP) is -0.779. The van der Waals surface area contributed by atoms with Crippen LogP contribution in [-0.4, -0.2) is 29.7 Å². The minimum absolute atomic E-state index is 0.0205. The molecule has 0 unspecified atom stereocenters. The number of hydrogen-bond donors (Lipinski definition) is 3. The molecule has 0 aliphatic heterocycles. The molecule has 0 fully saturated rings. The van der Waals surface area contributed by atoms with Gasteiger partial charge in [0.05, 0.1) is 6.04 Å². The number of amides is 1. The van der Waals surface area contributed by atoms with Crippen LogP contribution in [0.4, 0.5) is 0 Å². The molecule has 0 saturated heterocycles. The summed E-state index contributed by atoms with van der Waals surface area (Å²) in [7, 11) is 0. The molecule has 0 aliphatic rings. The Balaban J connectivity index is 3.79. The first-order valence-electron chi connectivity index (χ1n) is 3.74. The van der Waals surface area contributed by atoms with Crippen molar-refractivity contribution >= 4 is 5.91 Å². The Labute approximate surface area is 66.8 Å². The molecular weight excluding hydrogens is 144 g/mol. The predicted molar refractivity (Wildman–Crippen MR) is 43.0 cm³/mol. The highest BCUT2D eigenvalue weighted by molar-refractivity contribution is 5.79. The Kier molecular flexibility index (Phi) is 4.81. The second-order valence-corrected chi connectivity index (χ2v) is 2.79. The quantitative estimate of drug-likeness (QED) is 0.494. The molecule has 0 aliphatic carbocycles. The first kappa shape index (κ1) is 10.4. The average molecular weight is 160 g/mol. The van der Waals surface area contributed by atoms with Crippen LogP contribution in [0.1, 0.15) is 20.3 Å². The SMILES string of the molecule is CC(C)N[C@@H](CCO)C(N)=O. The number of primary amides is 1. The molecule has 4 heteroatoms. The van der Waals surface area contributed by atoms with E-state index < -0.39 is 11.9 Å². The number of hydrogen-bond acceptors (Lipinski definition) is 3. The minimum atomic E-state index is -0.409. The van der Waals surface area contributed by atoms with Gasteiger partial charge in [-0.25, -0.2) is 0 Å². The smallest absolute Gasteiger partial charge is 0.234 e. The number of aliphatic hydroxyl groups excluding tert-OH is 1. The van der Waals surface area contributed by atoms with Crippen molar-refractivity contribution in [1.29, 1.82) is 0 Å². The number of nitrogens with two attached hydrogens (primary N) is 1. The summed E-state index contributed by atoms with van der Waals surface area (Å²) >= 11 is 0. The highest BCUT2D eigenvalue weighted by Crippen LogP contribution is 1.91. The topological polar surface area (TPSA) is 75.3 Å². The third kappa shape index (κ3) is 4.75. The fraction of sp³-hybridized carbons (Fsp3) is 0.857. The third-order valence-corrected chi connectivity index (χ3v) is 1.30. The van der Waals surface area contributed by atoms with E-state index in [4.69, 9.17) is 10.8 Å². The molecule has 11 heavy (non-hydrogen) atoms. The van der Waals surface area contributed by atoms with Crippen LogP contribution in [0.5, 0.6) is 0 Å². The lowest BCUT2D eigenvalue weighted by Crippen LogP contribution is -2.44. The molecule has 0 bridgehead atoms. The summed E-state index contributed by atoms with van der Waals surface area (Å²) in [5, 5.41) is 11.5. The van der Waals surface area contributed by atoms with Gasteiger partial charge < -0.3 is 16.2 Å². The molecule has 0 spiro atoms. The van der Waals surface area contributed by atoms with E-state index in [9.17, 15) is 4.79 Å². The van der Waals surface area contributed by atoms with Crippen molar-refractivity contribution in [2.45, 2.75) is 32.4 Å². The molecule has 1 amide bonds. The van der Waals surface area contributed by atoms with Gasteiger partial charge in [0.1, 0.15) is 0 Å². The average Bonchev–Trinajstić information content (AvgIpc) is 1.86. The third-order valence-electron chi connectivity index (χ3n) is 1.30. The number of carbonyl (C=O) groups is 1. The van der Waals surface area contributed by atoms with Crippen molar-refractivity contribution in [3.05, 3.63) is 0 Å². The van der Waals surface area contributed by atoms with Crippen molar-refractivity contribution < 1.29 is 9.90 Å². The molecule has 0 aromatic heterocycles. The highest BCUT2D eigenvalue weighted by Gasteiger charge is 2.14. The van der Waals surface area contributed by atoms with Crippen LogP contribution in [-0.2, 0) is 4.79 Å². The maximum atomic E-state index is 10.7. The van der Waals surface area contributed by atoms with Gasteiger partial charge in [0, 0.05) is 12.6 Å². The van der Waals surface area contributed by atoms with Crippen LogP contribution in [0, 0.1) is 0 Å². The summed E-state index contributed by atoms with van der Waals surface area (Å²) in [6.07, 6.45) is 0.382. The molecule has 0 rings (SSSR count). The first-order valence-corrected chi connectivity index (χ1v) is 3.74. The van der Waals surface area contributed by atoms with Crippen LogP contribution < -0.4 is 11.1 Å². The lowest BCUT2D eigenvalue weighted by atomic mass is 10.2. The van der Waals surface area contributed by atoms with Gasteiger partial charge in [0.15, 0.2) is 0 Å². The normalized spacial score (nSPS) is 13.5. The molecule has 0 saturated carbocycles. The summed E-state index contributed by atoms with van der Waals surface area (Å²) < 4.78 is 0. The standard InChI is InChI=1S/C7H16N2O2/c1-5(2)9-6(3-4-10)7(8)11/h5-6,9-10H,3-4H2,1-2H3,(H2,8,11)/t6-/m0/s1. The van der Waals surface area contributed by atoms with E-state index in [1.807, 2.05) is 13.8 Å². The molecule has 0 aromatic carbocycles. The van der Waals surface area contributed by atoms with Crippen molar-refractivity contribution in [3.63, 3.8) is 0 Å². The van der Waals surface area contributed by atoms with Gasteiger partial charge in [0.25, 0.3) is 0 Å². The van der Waals surface area contributed by atoms with E-state index in [0.29, 0.717) is 6.42 Å². The Hall–Kier alpha value is -0.610. The second kappa shape index (κ2) is 5.09. The highest BCUT2D eigenvalue weighted by atomic mass is 16.3. The van der Waals surface area contributed by atoms with E-state index in [1.54, 1.807) is 0 Å². The van der Waals surface area contributed by atoms with Crippen LogP contribution in [0.2, 0.25) is 0 Å². The van der Waals surface area contributed by atoms with E-state index in [1.165, 1.54) is 0 Å². The number of carbonyl (C=O) groups excluding carboxylic acids is 1. The van der Waals surface area contributed by atoms with Crippen molar-refractivity contribution in [2.75, 3.05) is 6.61 Å². The summed E-state index contributed by atoms with van der Waals surface area (Å²) in [4.78, 5) is 10.7. The maximum Gasteiger partial charge on any atom is 0.234 e. The van der Waals surface area contributed by atoms with E-state index >= 15 is 0 Å². The van der Waals surface area contributed by atoms with Crippen LogP contribution in [0.15, 0.2) is 0 Å². The Morgan fingerprint density at radius 2 is 2.18 bits per heavy atom. The number of rotatable bonds is 5. The van der Waals surface area contributed by atoms with Crippen molar-refractivity contribution in [2.24, 2.45) is 5.73 Å². The molecule has 0 radical (unpaired) electrons. The molecule has 1 atom stereocenters. The van der Waals surface area contributed by atoms with Gasteiger partial charge in [-0.1, -0.05) is 13.8 Å². The van der Waals surface area contributed by atoms with Gasteiger partial charge >= 0.3 is 0 Å². The van der Waals surface area contributed by atoms with Gasteiger partial charge in [0.2, 0.25) is 5.91 Å². The van der Waals surface area contributed by atoms with E-state index in [-0.39, 0.29) is 12.6 Å². The molecule has 4 N–H and O–H groups in total. The largest absolute Gasteiger partial charge is 0.396 e. The zero-order valence-corrected chi connectivity index (χ0v) is 7.00. The van der Waals surface area contributed by atoms with E-state index in [2.05, 4.69) is 5.32 Å². The minimum Gasteiger partial charge on any atom is -0.396 e. The van der Waals surface area contributed by atoms with Gasteiger partial charge in [-0.15, -0.1) is 0 Å². The summed E-state index contributed by atoms with van der Waals surface area (Å²) in [5.74, 6) is -0.409. The molecule has 4 nitrogen and oxygen atoms in total. The molecule has 66 valence electrons. The summed E-state index contributed by atoms with van der Waals surface area (Å²) in [6.45, 7) is 3.83. The Morgan fingerprint density at radius 1 is 1.64 bits per heavy atom. The zero-order chi connectivity index (χ0) is 8.85. The molecule has 0 aromatic rings. The lowest BCUT2D eigenvalue weighted by molar-refractivity contribution is -0.120. The fourth-order valence-electron chi connectivity index (χ4n) is 0.839. The van der Waals surface area contributed by atoms with Crippen LogP contribution in [0.25, 0.3) is 0 Å². The Morgan fingerprint density at radius 3 is 2.45 bits per heavy atom. The zero-order valence-electron chi connectivity index (χ0n) is 7.00.